The van der Waals surface area contributed by atoms with Gasteiger partial charge in [0.15, 0.2) is 0 Å². The van der Waals surface area contributed by atoms with Gasteiger partial charge in [-0.1, -0.05) is 31.0 Å². The van der Waals surface area contributed by atoms with Gasteiger partial charge in [-0.2, -0.15) is 0 Å². The molecular formula is C39H52ClN3O5S. The van der Waals surface area contributed by atoms with Gasteiger partial charge >= 0.3 is 0 Å². The van der Waals surface area contributed by atoms with Crippen molar-refractivity contribution < 1.29 is 23.6 Å². The predicted molar refractivity (Wildman–Crippen MR) is 196 cm³/mol. The van der Waals surface area contributed by atoms with E-state index in [0.717, 1.165) is 94.1 Å². The molecule has 6 aliphatic rings. The average molecular weight is 710 g/mol. The van der Waals surface area contributed by atoms with Gasteiger partial charge in [0.05, 0.1) is 40.3 Å². The van der Waals surface area contributed by atoms with Crippen molar-refractivity contribution in [1.82, 2.24) is 9.62 Å². The molecule has 8 rings (SSSR count). The minimum absolute atomic E-state index is 0.0659. The van der Waals surface area contributed by atoms with E-state index in [1.807, 2.05) is 25.1 Å². The molecule has 2 N–H and O–H groups in total. The van der Waals surface area contributed by atoms with Crippen molar-refractivity contribution in [3.05, 3.63) is 58.1 Å². The Morgan fingerprint density at radius 2 is 1.96 bits per heavy atom. The number of likely N-dealkylation sites (tertiary alicyclic amines) is 1. The first kappa shape index (κ1) is 33.8. The molecule has 3 fully saturated rings. The number of hydrogen-bond donors (Lipinski definition) is 2. The van der Waals surface area contributed by atoms with Crippen LogP contribution in [0.25, 0.3) is 0 Å². The molecule has 2 aromatic carbocycles. The second kappa shape index (κ2) is 12.7. The van der Waals surface area contributed by atoms with Crippen LogP contribution in [0.1, 0.15) is 86.7 Å². The van der Waals surface area contributed by atoms with Crippen LogP contribution in [0.15, 0.2) is 36.4 Å². The number of fused-ring (bicyclic) bond motifs is 6. The number of carbonyl (C=O) groups is 1. The summed E-state index contributed by atoms with van der Waals surface area (Å²) < 4.78 is 29.4. The van der Waals surface area contributed by atoms with Gasteiger partial charge in [0.1, 0.15) is 5.75 Å². The fourth-order valence-corrected chi connectivity index (χ4v) is 11.8. The zero-order chi connectivity index (χ0) is 34.1. The lowest BCUT2D eigenvalue weighted by Crippen LogP contribution is -2.58. The summed E-state index contributed by atoms with van der Waals surface area (Å²) in [6.07, 6.45) is 8.80. The van der Waals surface area contributed by atoms with Gasteiger partial charge in [0, 0.05) is 53.5 Å². The summed E-state index contributed by atoms with van der Waals surface area (Å²) in [4.78, 5) is 18.7. The monoisotopic (exact) mass is 709 g/mol. The van der Waals surface area contributed by atoms with Crippen LogP contribution in [-0.4, -0.2) is 88.4 Å². The molecule has 9 atom stereocenters. The average Bonchev–Trinajstić information content (AvgIpc) is 3.63. The maximum atomic E-state index is 13.9. The third-order valence-electron chi connectivity index (χ3n) is 13.3. The number of nitrogens with zero attached hydrogens (tertiary/aromatic N) is 2. The Kier molecular flexibility index (Phi) is 8.79. The van der Waals surface area contributed by atoms with Gasteiger partial charge < -0.3 is 19.5 Å². The SMILES string of the molecule is C=S1(=O)NC(=O)c2ccc3c(c2)N(C[C@@H]2CC[C@H]2[C@](O)(CN2C[C@H]4C[C@@H]2CO4)CCC[C@H](C)[C@H]1C)C[C@@]1(CCCc2cc(Cl)ccc21)CO3. The molecule has 2 aromatic rings. The van der Waals surface area contributed by atoms with Crippen molar-refractivity contribution in [2.45, 2.75) is 100 Å². The maximum Gasteiger partial charge on any atom is 0.262 e. The first-order valence-corrected chi connectivity index (χ1v) is 20.7. The Bertz CT molecular complexity index is 1720. The van der Waals surface area contributed by atoms with Crippen molar-refractivity contribution in [2.24, 2.45) is 17.8 Å². The van der Waals surface area contributed by atoms with Gasteiger partial charge in [-0.05, 0) is 123 Å². The summed E-state index contributed by atoms with van der Waals surface area (Å²) in [7, 11) is -2.94. The summed E-state index contributed by atoms with van der Waals surface area (Å²) in [5.41, 5.74) is 2.86. The number of anilines is 1. The van der Waals surface area contributed by atoms with Crippen molar-refractivity contribution in [3.8, 4) is 5.75 Å². The largest absolute Gasteiger partial charge is 0.490 e. The second-order valence-corrected chi connectivity index (χ2v) is 19.2. The highest BCUT2D eigenvalue weighted by atomic mass is 35.5. The molecule has 266 valence electrons. The molecule has 1 spiro atoms. The number of ether oxygens (including phenoxy) is 2. The zero-order valence-corrected chi connectivity index (χ0v) is 30.6. The Morgan fingerprint density at radius 3 is 2.71 bits per heavy atom. The summed E-state index contributed by atoms with van der Waals surface area (Å²) >= 11 is 6.48. The lowest BCUT2D eigenvalue weighted by Gasteiger charge is -2.51. The number of hydrogen-bond acceptors (Lipinski definition) is 7. The van der Waals surface area contributed by atoms with Crippen LogP contribution < -0.4 is 14.4 Å². The number of aryl methyl sites for hydroxylation is 1. The van der Waals surface area contributed by atoms with E-state index in [2.05, 4.69) is 39.4 Å². The highest BCUT2D eigenvalue weighted by Gasteiger charge is 2.51. The van der Waals surface area contributed by atoms with Crippen molar-refractivity contribution in [2.75, 3.05) is 44.3 Å². The van der Waals surface area contributed by atoms with Crippen LogP contribution in [0.3, 0.4) is 0 Å². The Hall–Kier alpha value is -2.30. The number of rotatable bonds is 2. The lowest BCUT2D eigenvalue weighted by molar-refractivity contribution is -0.115. The summed E-state index contributed by atoms with van der Waals surface area (Å²) in [5.74, 6) is 4.97. The molecule has 0 aromatic heterocycles. The van der Waals surface area contributed by atoms with Crippen LogP contribution >= 0.6 is 11.6 Å². The van der Waals surface area contributed by atoms with E-state index in [1.54, 1.807) is 6.07 Å². The molecule has 1 unspecified atom stereocenters. The topological polar surface area (TPSA) is 91.3 Å². The van der Waals surface area contributed by atoms with E-state index >= 15 is 0 Å². The van der Waals surface area contributed by atoms with E-state index < -0.39 is 15.3 Å². The number of nitrogens with one attached hydrogen (secondary N) is 1. The van der Waals surface area contributed by atoms with Crippen LogP contribution in [0, 0.1) is 17.8 Å². The van der Waals surface area contributed by atoms with Crippen LogP contribution in [0.5, 0.6) is 5.75 Å². The number of carbonyl (C=O) groups excluding carboxylic acids is 1. The van der Waals surface area contributed by atoms with Gasteiger partial charge in [0.25, 0.3) is 5.91 Å². The molecule has 2 saturated heterocycles. The third kappa shape index (κ3) is 6.19. The standard InChI is InChI=1S/C39H52ClN3O5S/c1-25-6-4-15-39(45,23-42-20-32-18-31(42)21-47-32)34-11-8-29(34)19-43-22-38(14-5-7-27-16-30(40)10-12-33(27)38)24-48-36-13-9-28(17-35(36)43)37(44)41-49(3,46)26(25)2/h9-10,12-13,16-17,25-26,29,31-32,34,45H,3-8,11,14-15,18-24H2,1-2H3,(H,41,44,46)/t25-,26+,29-,31+,32+,34+,38-,39+,49?/m0/s1. The quantitative estimate of drug-likeness (QED) is 0.392. The van der Waals surface area contributed by atoms with Gasteiger partial charge in [-0.25, -0.2) is 4.21 Å². The van der Waals surface area contributed by atoms with Gasteiger partial charge in [-0.3, -0.25) is 14.4 Å². The number of benzene rings is 2. The van der Waals surface area contributed by atoms with Gasteiger partial charge in [0.2, 0.25) is 0 Å². The molecule has 8 nitrogen and oxygen atoms in total. The van der Waals surface area contributed by atoms with E-state index in [1.165, 1.54) is 11.1 Å². The maximum absolute atomic E-state index is 13.9. The molecule has 1 saturated carbocycles. The van der Waals surface area contributed by atoms with Gasteiger partial charge in [-0.15, -0.1) is 0 Å². The number of halogens is 1. The highest BCUT2D eigenvalue weighted by molar-refractivity contribution is 7.99. The minimum Gasteiger partial charge on any atom is -0.490 e. The molecule has 0 radical (unpaired) electrons. The Balaban J connectivity index is 1.18. The minimum atomic E-state index is -2.94. The molecule has 4 heterocycles. The highest BCUT2D eigenvalue weighted by Crippen LogP contribution is 2.49. The smallest absolute Gasteiger partial charge is 0.262 e. The predicted octanol–water partition coefficient (Wildman–Crippen LogP) is 5.61. The Labute approximate surface area is 297 Å². The number of morpholine rings is 1. The molecule has 10 heteroatoms. The van der Waals surface area contributed by atoms with Crippen molar-refractivity contribution >= 4 is 38.8 Å². The molecular weight excluding hydrogens is 658 g/mol. The molecule has 2 aliphatic carbocycles. The van der Waals surface area contributed by atoms with Crippen LogP contribution in [-0.2, 0) is 26.3 Å². The number of β-amino-alcohol motifs (C(OH)–C–C–N with tert-alkyl or cyclic N) is 1. The third-order valence-corrected chi connectivity index (χ3v) is 15.7. The van der Waals surface area contributed by atoms with Crippen LogP contribution in [0.2, 0.25) is 5.02 Å². The first-order chi connectivity index (χ1) is 23.4. The second-order valence-electron chi connectivity index (χ2n) is 16.3. The van der Waals surface area contributed by atoms with Crippen LogP contribution in [0.4, 0.5) is 5.69 Å². The van der Waals surface area contributed by atoms with E-state index in [9.17, 15) is 14.1 Å². The molecule has 4 bridgehead atoms. The fourth-order valence-electron chi connectivity index (χ4n) is 10.1. The van der Waals surface area contributed by atoms with Crippen molar-refractivity contribution in [1.29, 1.82) is 0 Å². The number of aliphatic hydroxyl groups is 1. The van der Waals surface area contributed by atoms with E-state index in [-0.39, 0.29) is 34.5 Å². The molecule has 4 aliphatic heterocycles. The lowest BCUT2D eigenvalue weighted by atomic mass is 9.62. The van der Waals surface area contributed by atoms with E-state index in [4.69, 9.17) is 21.1 Å². The zero-order valence-electron chi connectivity index (χ0n) is 29.0. The number of amides is 1. The summed E-state index contributed by atoms with van der Waals surface area (Å²) in [5, 5.41) is 13.2. The normalized spacial score (nSPS) is 39.3. The first-order valence-electron chi connectivity index (χ1n) is 18.5. The Morgan fingerprint density at radius 1 is 1.10 bits per heavy atom. The summed E-state index contributed by atoms with van der Waals surface area (Å²) in [6, 6.07) is 12.3. The van der Waals surface area contributed by atoms with E-state index in [0.29, 0.717) is 37.1 Å². The molecule has 1 amide bonds. The summed E-state index contributed by atoms with van der Waals surface area (Å²) in [6.45, 7) is 8.41. The molecule has 49 heavy (non-hydrogen) atoms. The van der Waals surface area contributed by atoms with Crippen molar-refractivity contribution in [3.63, 3.8) is 0 Å². The fraction of sp³-hybridized carbons (Fsp3) is 0.641.